The molecule has 0 aromatic carbocycles. The third kappa shape index (κ3) is 3.02. The number of hydrogen-bond donors (Lipinski definition) is 2. The normalized spacial score (nSPS) is 12.8. The fourth-order valence-electron chi connectivity index (χ4n) is 1.84. The van der Waals surface area contributed by atoms with Crippen molar-refractivity contribution >= 4 is 17.0 Å². The molecule has 0 fully saturated rings. The van der Waals surface area contributed by atoms with Crippen LogP contribution in [0.2, 0.25) is 0 Å². The summed E-state index contributed by atoms with van der Waals surface area (Å²) in [5.41, 5.74) is 5.79. The summed E-state index contributed by atoms with van der Waals surface area (Å²) in [6.07, 6.45) is 3.20. The number of rotatable bonds is 5. The van der Waals surface area contributed by atoms with E-state index in [1.807, 2.05) is 13.8 Å². The zero-order valence-electron chi connectivity index (χ0n) is 11.4. The highest BCUT2D eigenvalue weighted by Crippen LogP contribution is 2.07. The van der Waals surface area contributed by atoms with E-state index in [0.717, 1.165) is 0 Å². The lowest BCUT2D eigenvalue weighted by atomic mass is 10.1. The Balaban J connectivity index is 2.05. The van der Waals surface area contributed by atoms with E-state index in [9.17, 15) is 9.59 Å². The summed E-state index contributed by atoms with van der Waals surface area (Å²) >= 11 is 0. The number of H-pyrrole nitrogens is 1. The zero-order chi connectivity index (χ0) is 14.7. The van der Waals surface area contributed by atoms with Crippen molar-refractivity contribution in [1.29, 1.82) is 0 Å². The first-order valence-corrected chi connectivity index (χ1v) is 6.30. The molecule has 0 aliphatic carbocycles. The second kappa shape index (κ2) is 5.83. The second-order valence-electron chi connectivity index (χ2n) is 4.94. The summed E-state index contributed by atoms with van der Waals surface area (Å²) in [6.45, 7) is 3.83. The Bertz CT molecular complexity index is 660. The van der Waals surface area contributed by atoms with Gasteiger partial charge in [0.1, 0.15) is 11.4 Å². The van der Waals surface area contributed by atoms with Crippen molar-refractivity contribution in [1.82, 2.24) is 19.7 Å². The average molecular weight is 279 g/mol. The van der Waals surface area contributed by atoms with Gasteiger partial charge in [-0.25, -0.2) is 9.67 Å². The van der Waals surface area contributed by atoms with Crippen molar-refractivity contribution in [2.75, 3.05) is 0 Å². The van der Waals surface area contributed by atoms with Gasteiger partial charge in [-0.3, -0.25) is 9.59 Å². The van der Waals surface area contributed by atoms with Gasteiger partial charge < -0.3 is 15.5 Å². The highest BCUT2D eigenvalue weighted by molar-refractivity contribution is 5.75. The van der Waals surface area contributed by atoms with Gasteiger partial charge in [0, 0.05) is 0 Å². The largest absolute Gasteiger partial charge is 0.441 e. The van der Waals surface area contributed by atoms with Gasteiger partial charge in [0.2, 0.25) is 0 Å². The van der Waals surface area contributed by atoms with Crippen molar-refractivity contribution in [2.24, 2.45) is 11.7 Å². The first-order chi connectivity index (χ1) is 9.49. The molecule has 8 nitrogen and oxygen atoms in total. The Labute approximate surface area is 114 Å². The minimum absolute atomic E-state index is 0.120. The van der Waals surface area contributed by atoms with E-state index in [4.69, 9.17) is 10.5 Å². The number of fused-ring (bicyclic) bond motifs is 1. The van der Waals surface area contributed by atoms with Crippen molar-refractivity contribution < 1.29 is 9.53 Å². The topological polar surface area (TPSA) is 116 Å². The van der Waals surface area contributed by atoms with E-state index in [-0.39, 0.29) is 12.3 Å². The van der Waals surface area contributed by atoms with Crippen LogP contribution in [0.4, 0.5) is 0 Å². The maximum Gasteiger partial charge on any atom is 0.324 e. The van der Waals surface area contributed by atoms with Gasteiger partial charge in [0.15, 0.2) is 12.4 Å². The SMILES string of the molecule is CC(C)C[C@H](N)C(=O)OCn1ncc2c(=O)[nH]cnc21. The smallest absolute Gasteiger partial charge is 0.324 e. The zero-order valence-corrected chi connectivity index (χ0v) is 11.4. The maximum atomic E-state index is 11.7. The summed E-state index contributed by atoms with van der Waals surface area (Å²) < 4.78 is 6.42. The molecular weight excluding hydrogens is 262 g/mol. The van der Waals surface area contributed by atoms with Crippen molar-refractivity contribution in [3.8, 4) is 0 Å². The maximum absolute atomic E-state index is 11.7. The van der Waals surface area contributed by atoms with Crippen LogP contribution in [0, 0.1) is 5.92 Å². The third-order valence-corrected chi connectivity index (χ3v) is 2.80. The number of carbonyl (C=O) groups excluding carboxylic acids is 1. The van der Waals surface area contributed by atoms with Crippen LogP contribution in [-0.2, 0) is 16.3 Å². The molecule has 0 amide bonds. The number of aromatic nitrogens is 4. The van der Waals surface area contributed by atoms with E-state index in [1.165, 1.54) is 17.2 Å². The monoisotopic (exact) mass is 279 g/mol. The van der Waals surface area contributed by atoms with Crippen molar-refractivity contribution in [3.63, 3.8) is 0 Å². The lowest BCUT2D eigenvalue weighted by Crippen LogP contribution is -2.34. The minimum atomic E-state index is -0.659. The Morgan fingerprint density at radius 2 is 2.30 bits per heavy atom. The number of ether oxygens (including phenoxy) is 1. The van der Waals surface area contributed by atoms with Gasteiger partial charge in [-0.15, -0.1) is 0 Å². The molecule has 2 heterocycles. The molecule has 8 heteroatoms. The quantitative estimate of drug-likeness (QED) is 0.744. The lowest BCUT2D eigenvalue weighted by Gasteiger charge is -2.13. The molecule has 0 saturated heterocycles. The van der Waals surface area contributed by atoms with Gasteiger partial charge in [-0.05, 0) is 12.3 Å². The fraction of sp³-hybridized carbons (Fsp3) is 0.500. The van der Waals surface area contributed by atoms with Crippen LogP contribution in [0.1, 0.15) is 20.3 Å². The first kappa shape index (κ1) is 14.2. The fourth-order valence-corrected chi connectivity index (χ4v) is 1.84. The molecule has 0 aliphatic heterocycles. The molecule has 0 aliphatic rings. The molecule has 0 spiro atoms. The Morgan fingerprint density at radius 3 is 3.00 bits per heavy atom. The molecule has 0 unspecified atom stereocenters. The van der Waals surface area contributed by atoms with E-state index < -0.39 is 12.0 Å². The van der Waals surface area contributed by atoms with Crippen LogP contribution in [-0.4, -0.2) is 31.8 Å². The molecule has 0 radical (unpaired) electrons. The molecule has 2 aromatic rings. The molecule has 108 valence electrons. The van der Waals surface area contributed by atoms with Crippen LogP contribution in [0.15, 0.2) is 17.3 Å². The molecule has 0 bridgehead atoms. The standard InChI is InChI=1S/C12H17N5O3/c1-7(2)3-9(13)12(19)20-6-17-10-8(4-16-17)11(18)15-5-14-10/h4-5,7,9H,3,6,13H2,1-2H3,(H,14,15,18)/t9-/m0/s1. The number of esters is 1. The molecule has 20 heavy (non-hydrogen) atoms. The number of carbonyl (C=O) groups is 1. The van der Waals surface area contributed by atoms with Crippen LogP contribution in [0.3, 0.4) is 0 Å². The van der Waals surface area contributed by atoms with Gasteiger partial charge in [-0.1, -0.05) is 13.8 Å². The first-order valence-electron chi connectivity index (χ1n) is 6.30. The summed E-state index contributed by atoms with van der Waals surface area (Å²) in [6, 6.07) is -0.659. The lowest BCUT2D eigenvalue weighted by molar-refractivity contribution is -0.149. The molecule has 2 rings (SSSR count). The predicted octanol–water partition coefficient (Wildman–Crippen LogP) is -0.00630. The highest BCUT2D eigenvalue weighted by atomic mass is 16.5. The molecular formula is C12H17N5O3. The summed E-state index contributed by atoms with van der Waals surface area (Å²) in [4.78, 5) is 29.6. The number of nitrogens with one attached hydrogen (secondary N) is 1. The molecule has 2 aromatic heterocycles. The van der Waals surface area contributed by atoms with E-state index >= 15 is 0 Å². The summed E-state index contributed by atoms with van der Waals surface area (Å²) in [7, 11) is 0. The Hall–Kier alpha value is -2.22. The van der Waals surface area contributed by atoms with Crippen LogP contribution >= 0.6 is 0 Å². The van der Waals surface area contributed by atoms with E-state index in [2.05, 4.69) is 15.1 Å². The van der Waals surface area contributed by atoms with E-state index in [0.29, 0.717) is 23.4 Å². The van der Waals surface area contributed by atoms with Crippen LogP contribution in [0.5, 0.6) is 0 Å². The predicted molar refractivity (Wildman–Crippen MR) is 71.7 cm³/mol. The number of aromatic amines is 1. The van der Waals surface area contributed by atoms with Gasteiger partial charge in [0.25, 0.3) is 5.56 Å². The van der Waals surface area contributed by atoms with Gasteiger partial charge >= 0.3 is 5.97 Å². The molecule has 0 saturated carbocycles. The summed E-state index contributed by atoms with van der Waals surface area (Å²) in [5.74, 6) is -0.185. The second-order valence-corrected chi connectivity index (χ2v) is 4.94. The number of nitrogens with two attached hydrogens (primary N) is 1. The molecule has 1 atom stereocenters. The third-order valence-electron chi connectivity index (χ3n) is 2.80. The number of hydrogen-bond acceptors (Lipinski definition) is 6. The summed E-state index contributed by atoms with van der Waals surface area (Å²) in [5, 5.41) is 4.31. The van der Waals surface area contributed by atoms with Gasteiger partial charge in [0.05, 0.1) is 12.5 Å². The minimum Gasteiger partial charge on any atom is -0.441 e. The van der Waals surface area contributed by atoms with Crippen LogP contribution < -0.4 is 11.3 Å². The Kier molecular flexibility index (Phi) is 4.14. The van der Waals surface area contributed by atoms with Crippen LogP contribution in [0.25, 0.3) is 11.0 Å². The molecule has 3 N–H and O–H groups in total. The highest BCUT2D eigenvalue weighted by Gasteiger charge is 2.17. The average Bonchev–Trinajstić information content (AvgIpc) is 2.79. The van der Waals surface area contributed by atoms with Crippen molar-refractivity contribution in [2.45, 2.75) is 33.0 Å². The Morgan fingerprint density at radius 1 is 1.55 bits per heavy atom. The van der Waals surface area contributed by atoms with Gasteiger partial charge in [-0.2, -0.15) is 5.10 Å². The number of nitrogens with zero attached hydrogens (tertiary/aromatic N) is 3. The van der Waals surface area contributed by atoms with Crippen molar-refractivity contribution in [3.05, 3.63) is 22.9 Å². The van der Waals surface area contributed by atoms with E-state index in [1.54, 1.807) is 0 Å².